The van der Waals surface area contributed by atoms with Crippen LogP contribution in [0, 0.1) is 0 Å². The maximum absolute atomic E-state index is 10.8. The predicted octanol–water partition coefficient (Wildman–Crippen LogP) is 1.43. The van der Waals surface area contributed by atoms with Crippen molar-refractivity contribution < 1.29 is 15.0 Å². The summed E-state index contributed by atoms with van der Waals surface area (Å²) in [5.74, 6) is -0.451. The molecule has 14 heavy (non-hydrogen) atoms. The molecule has 0 fully saturated rings. The van der Waals surface area contributed by atoms with E-state index in [0.29, 0.717) is 10.0 Å². The van der Waals surface area contributed by atoms with Crippen molar-refractivity contribution >= 4 is 21.7 Å². The second-order valence-corrected chi connectivity index (χ2v) is 3.88. The first-order valence-corrected chi connectivity index (χ1v) is 4.94. The highest BCUT2D eigenvalue weighted by molar-refractivity contribution is 9.10. The van der Waals surface area contributed by atoms with Crippen molar-refractivity contribution in [3.8, 4) is 0 Å². The lowest BCUT2D eigenvalue weighted by atomic mass is 10.0. The van der Waals surface area contributed by atoms with Gasteiger partial charge in [0.1, 0.15) is 12.2 Å². The van der Waals surface area contributed by atoms with Crippen LogP contribution in [0.3, 0.4) is 0 Å². The van der Waals surface area contributed by atoms with Crippen molar-refractivity contribution in [2.75, 3.05) is 0 Å². The summed E-state index contributed by atoms with van der Waals surface area (Å²) in [7, 11) is 0. The smallest absolute Gasteiger partial charge is 0.161 e. The first-order chi connectivity index (χ1) is 6.54. The molecule has 0 saturated heterocycles. The molecule has 4 heteroatoms. The zero-order valence-corrected chi connectivity index (χ0v) is 9.23. The molecule has 1 aromatic carbocycles. The largest absolute Gasteiger partial charge is 0.385 e. The van der Waals surface area contributed by atoms with Crippen LogP contribution in [0.15, 0.2) is 28.7 Å². The van der Waals surface area contributed by atoms with Gasteiger partial charge in [-0.2, -0.15) is 0 Å². The number of carbonyl (C=O) groups is 1. The fourth-order valence-corrected chi connectivity index (χ4v) is 1.63. The van der Waals surface area contributed by atoms with Gasteiger partial charge in [0, 0.05) is 4.47 Å². The molecule has 0 aliphatic carbocycles. The van der Waals surface area contributed by atoms with E-state index < -0.39 is 18.0 Å². The van der Waals surface area contributed by atoms with Crippen molar-refractivity contribution in [1.29, 1.82) is 0 Å². The van der Waals surface area contributed by atoms with Gasteiger partial charge < -0.3 is 10.2 Å². The minimum absolute atomic E-state index is 0.451. The van der Waals surface area contributed by atoms with Crippen molar-refractivity contribution in [1.82, 2.24) is 0 Å². The Labute approximate surface area is 90.5 Å². The van der Waals surface area contributed by atoms with E-state index in [9.17, 15) is 15.0 Å². The van der Waals surface area contributed by atoms with Crippen LogP contribution in [-0.2, 0) is 4.79 Å². The molecular formula is C10H11BrO3. The normalized spacial score (nSPS) is 14.9. The molecule has 0 bridgehead atoms. The van der Waals surface area contributed by atoms with Gasteiger partial charge in [0.15, 0.2) is 5.78 Å². The molecule has 0 radical (unpaired) electrons. The molecule has 1 aromatic rings. The summed E-state index contributed by atoms with van der Waals surface area (Å²) >= 11 is 3.23. The van der Waals surface area contributed by atoms with Crippen LogP contribution in [0.4, 0.5) is 0 Å². The van der Waals surface area contributed by atoms with Gasteiger partial charge in [-0.1, -0.05) is 34.1 Å². The summed E-state index contributed by atoms with van der Waals surface area (Å²) < 4.78 is 0.674. The van der Waals surface area contributed by atoms with E-state index in [1.165, 1.54) is 6.92 Å². The number of halogens is 1. The number of aliphatic hydroxyl groups is 2. The number of aliphatic hydroxyl groups excluding tert-OH is 2. The van der Waals surface area contributed by atoms with Gasteiger partial charge in [-0.3, -0.25) is 4.79 Å². The maximum atomic E-state index is 10.8. The number of Topliss-reactive ketones (excluding diaryl/α,β-unsaturated/α-hetero) is 1. The highest BCUT2D eigenvalue weighted by Crippen LogP contribution is 2.25. The molecule has 0 aliphatic rings. The van der Waals surface area contributed by atoms with Crippen molar-refractivity contribution in [2.45, 2.75) is 19.1 Å². The number of hydrogen-bond donors (Lipinski definition) is 2. The monoisotopic (exact) mass is 258 g/mol. The van der Waals surface area contributed by atoms with E-state index in [1.807, 2.05) is 0 Å². The maximum Gasteiger partial charge on any atom is 0.161 e. The Morgan fingerprint density at radius 3 is 2.43 bits per heavy atom. The average molecular weight is 259 g/mol. The SMILES string of the molecule is CC(=O)[C@H](O)[C@@H](O)c1ccccc1Br. The van der Waals surface area contributed by atoms with E-state index in [4.69, 9.17) is 0 Å². The Bertz CT molecular complexity index is 338. The second kappa shape index (κ2) is 4.68. The molecule has 0 spiro atoms. The number of ketones is 1. The van der Waals surface area contributed by atoms with Crippen LogP contribution in [0.5, 0.6) is 0 Å². The fraction of sp³-hybridized carbons (Fsp3) is 0.300. The third kappa shape index (κ3) is 2.41. The van der Waals surface area contributed by atoms with Crippen LogP contribution in [0.25, 0.3) is 0 Å². The van der Waals surface area contributed by atoms with Gasteiger partial charge in [-0.05, 0) is 18.6 Å². The third-order valence-corrected chi connectivity index (χ3v) is 2.66. The summed E-state index contributed by atoms with van der Waals surface area (Å²) in [6.07, 6.45) is -2.54. The van der Waals surface area contributed by atoms with E-state index in [2.05, 4.69) is 15.9 Å². The third-order valence-electron chi connectivity index (χ3n) is 1.94. The minimum atomic E-state index is -1.37. The Kier molecular flexibility index (Phi) is 3.80. The van der Waals surface area contributed by atoms with Gasteiger partial charge in [0.05, 0.1) is 0 Å². The number of hydrogen-bond acceptors (Lipinski definition) is 3. The predicted molar refractivity (Wildman–Crippen MR) is 55.8 cm³/mol. The molecular weight excluding hydrogens is 248 g/mol. The van der Waals surface area contributed by atoms with Gasteiger partial charge >= 0.3 is 0 Å². The first-order valence-electron chi connectivity index (χ1n) is 4.15. The van der Waals surface area contributed by atoms with Crippen LogP contribution < -0.4 is 0 Å². The van der Waals surface area contributed by atoms with Crippen molar-refractivity contribution in [3.63, 3.8) is 0 Å². The molecule has 0 unspecified atom stereocenters. The summed E-state index contributed by atoms with van der Waals surface area (Å²) in [6.45, 7) is 1.24. The van der Waals surface area contributed by atoms with Gasteiger partial charge in [-0.25, -0.2) is 0 Å². The molecule has 2 atom stereocenters. The molecule has 3 nitrogen and oxygen atoms in total. The Morgan fingerprint density at radius 2 is 1.93 bits per heavy atom. The van der Waals surface area contributed by atoms with E-state index in [1.54, 1.807) is 24.3 Å². The fourth-order valence-electron chi connectivity index (χ4n) is 1.11. The lowest BCUT2D eigenvalue weighted by Crippen LogP contribution is -2.25. The summed E-state index contributed by atoms with van der Waals surface area (Å²) in [4.78, 5) is 10.8. The van der Waals surface area contributed by atoms with Gasteiger partial charge in [-0.15, -0.1) is 0 Å². The van der Waals surface area contributed by atoms with Crippen molar-refractivity contribution in [3.05, 3.63) is 34.3 Å². The Hall–Kier alpha value is -0.710. The lowest BCUT2D eigenvalue weighted by molar-refractivity contribution is -0.130. The van der Waals surface area contributed by atoms with E-state index in [-0.39, 0.29) is 0 Å². The topological polar surface area (TPSA) is 57.5 Å². The van der Waals surface area contributed by atoms with Crippen LogP contribution in [-0.4, -0.2) is 22.1 Å². The first kappa shape index (κ1) is 11.4. The van der Waals surface area contributed by atoms with Crippen LogP contribution >= 0.6 is 15.9 Å². The number of benzene rings is 1. The lowest BCUT2D eigenvalue weighted by Gasteiger charge is -2.16. The molecule has 0 amide bonds. The molecule has 0 heterocycles. The van der Waals surface area contributed by atoms with E-state index in [0.717, 1.165) is 0 Å². The molecule has 0 aliphatic heterocycles. The molecule has 2 N–H and O–H groups in total. The van der Waals surface area contributed by atoms with Gasteiger partial charge in [0.25, 0.3) is 0 Å². The van der Waals surface area contributed by atoms with Gasteiger partial charge in [0.2, 0.25) is 0 Å². The van der Waals surface area contributed by atoms with E-state index >= 15 is 0 Å². The molecule has 0 aromatic heterocycles. The van der Waals surface area contributed by atoms with Crippen LogP contribution in [0.1, 0.15) is 18.6 Å². The van der Waals surface area contributed by atoms with Crippen LogP contribution in [0.2, 0.25) is 0 Å². The standard InChI is InChI=1S/C10H11BrO3/c1-6(12)9(13)10(14)7-4-2-3-5-8(7)11/h2-5,9-10,13-14H,1H3/t9-,10-/m0/s1. The highest BCUT2D eigenvalue weighted by Gasteiger charge is 2.23. The Balaban J connectivity index is 2.94. The summed E-state index contributed by atoms with van der Waals surface area (Å²) in [6, 6.07) is 6.92. The Morgan fingerprint density at radius 1 is 1.36 bits per heavy atom. The minimum Gasteiger partial charge on any atom is -0.385 e. The summed E-state index contributed by atoms with van der Waals surface area (Å²) in [5, 5.41) is 19.0. The number of rotatable bonds is 3. The zero-order valence-electron chi connectivity index (χ0n) is 7.64. The quantitative estimate of drug-likeness (QED) is 0.863. The molecule has 76 valence electrons. The molecule has 1 rings (SSSR count). The molecule has 0 saturated carbocycles. The summed E-state index contributed by atoms with van der Waals surface area (Å²) in [5.41, 5.74) is 0.509. The zero-order chi connectivity index (χ0) is 10.7. The number of carbonyl (C=O) groups excluding carboxylic acids is 1. The second-order valence-electron chi connectivity index (χ2n) is 3.02. The average Bonchev–Trinajstić information content (AvgIpc) is 2.16. The van der Waals surface area contributed by atoms with Crippen molar-refractivity contribution in [2.24, 2.45) is 0 Å². The highest BCUT2D eigenvalue weighted by atomic mass is 79.9.